The van der Waals surface area contributed by atoms with Crippen molar-refractivity contribution in [1.29, 1.82) is 0 Å². The van der Waals surface area contributed by atoms with Crippen LogP contribution in [0.3, 0.4) is 0 Å². The minimum absolute atomic E-state index is 0.499. The Kier molecular flexibility index (Phi) is 5.76. The Bertz CT molecular complexity index is 578. The van der Waals surface area contributed by atoms with Gasteiger partial charge in [-0.15, -0.1) is 0 Å². The summed E-state index contributed by atoms with van der Waals surface area (Å²) in [5.41, 5.74) is 9.48. The summed E-state index contributed by atoms with van der Waals surface area (Å²) in [6.07, 6.45) is 3.54. The van der Waals surface area contributed by atoms with Gasteiger partial charge in [0.25, 0.3) is 0 Å². The average molecular weight is 282 g/mol. The third-order valence-electron chi connectivity index (χ3n) is 3.18. The molecule has 0 aliphatic carbocycles. The lowest BCUT2D eigenvalue weighted by Gasteiger charge is -2.06. The Balaban J connectivity index is 1.69. The first-order valence-electron chi connectivity index (χ1n) is 7.23. The second-order valence-corrected chi connectivity index (χ2v) is 5.00. The highest BCUT2D eigenvalue weighted by atomic mass is 15.1. The van der Waals surface area contributed by atoms with Gasteiger partial charge >= 0.3 is 0 Å². The van der Waals surface area contributed by atoms with Crippen molar-refractivity contribution in [2.75, 3.05) is 13.1 Å². The van der Waals surface area contributed by atoms with Crippen LogP contribution in [0.1, 0.15) is 16.8 Å². The van der Waals surface area contributed by atoms with Gasteiger partial charge in [-0.3, -0.25) is 9.98 Å². The largest absolute Gasteiger partial charge is 0.370 e. The van der Waals surface area contributed by atoms with Gasteiger partial charge < -0.3 is 11.1 Å². The van der Waals surface area contributed by atoms with Crippen molar-refractivity contribution in [1.82, 2.24) is 10.3 Å². The summed E-state index contributed by atoms with van der Waals surface area (Å²) in [5.74, 6) is 0.499. The van der Waals surface area contributed by atoms with Crippen LogP contribution in [0.4, 0.5) is 0 Å². The molecule has 0 amide bonds. The molecule has 4 heteroatoms. The van der Waals surface area contributed by atoms with Crippen LogP contribution in [0.15, 0.2) is 53.7 Å². The summed E-state index contributed by atoms with van der Waals surface area (Å²) in [6.45, 7) is 3.55. The molecule has 0 spiro atoms. The molecule has 110 valence electrons. The van der Waals surface area contributed by atoms with Gasteiger partial charge in [0.05, 0.1) is 0 Å². The van der Waals surface area contributed by atoms with Gasteiger partial charge in [0, 0.05) is 31.4 Å². The summed E-state index contributed by atoms with van der Waals surface area (Å²) in [5, 5.41) is 3.14. The second kappa shape index (κ2) is 8.04. The van der Waals surface area contributed by atoms with Crippen molar-refractivity contribution in [2.24, 2.45) is 10.7 Å². The molecule has 1 aromatic carbocycles. The molecule has 3 N–H and O–H groups in total. The SMILES string of the molecule is Cc1cccc(CCNC(N)=NCCc2ccccn2)c1. The van der Waals surface area contributed by atoms with E-state index >= 15 is 0 Å². The zero-order valence-electron chi connectivity index (χ0n) is 12.4. The lowest BCUT2D eigenvalue weighted by atomic mass is 10.1. The van der Waals surface area contributed by atoms with E-state index in [1.165, 1.54) is 11.1 Å². The fourth-order valence-corrected chi connectivity index (χ4v) is 2.10. The standard InChI is InChI=1S/C17H22N4/c1-14-5-4-6-15(13-14)8-11-20-17(18)21-12-9-16-7-2-3-10-19-16/h2-7,10,13H,8-9,11-12H2,1H3,(H3,18,20,21). The van der Waals surface area contributed by atoms with E-state index in [9.17, 15) is 0 Å². The highest BCUT2D eigenvalue weighted by molar-refractivity contribution is 5.77. The van der Waals surface area contributed by atoms with Crippen molar-refractivity contribution >= 4 is 5.96 Å². The molecule has 0 aliphatic heterocycles. The van der Waals surface area contributed by atoms with E-state index in [0.29, 0.717) is 12.5 Å². The smallest absolute Gasteiger partial charge is 0.188 e. The maximum atomic E-state index is 5.85. The highest BCUT2D eigenvalue weighted by Gasteiger charge is 1.96. The van der Waals surface area contributed by atoms with Gasteiger partial charge in [-0.2, -0.15) is 0 Å². The number of nitrogens with zero attached hydrogens (tertiary/aromatic N) is 2. The summed E-state index contributed by atoms with van der Waals surface area (Å²) in [7, 11) is 0. The number of nitrogens with two attached hydrogens (primary N) is 1. The van der Waals surface area contributed by atoms with Crippen LogP contribution in [0.2, 0.25) is 0 Å². The van der Waals surface area contributed by atoms with Gasteiger partial charge in [-0.25, -0.2) is 0 Å². The van der Waals surface area contributed by atoms with E-state index in [2.05, 4.69) is 46.5 Å². The number of hydrogen-bond acceptors (Lipinski definition) is 2. The van der Waals surface area contributed by atoms with Crippen molar-refractivity contribution in [3.05, 3.63) is 65.5 Å². The molecule has 21 heavy (non-hydrogen) atoms. The first kappa shape index (κ1) is 15.0. The molecule has 0 radical (unpaired) electrons. The molecule has 4 nitrogen and oxygen atoms in total. The van der Waals surface area contributed by atoms with Crippen LogP contribution in [0.25, 0.3) is 0 Å². The molecule has 0 unspecified atom stereocenters. The topological polar surface area (TPSA) is 63.3 Å². The predicted molar refractivity (Wildman–Crippen MR) is 87.3 cm³/mol. The van der Waals surface area contributed by atoms with E-state index in [4.69, 9.17) is 5.73 Å². The van der Waals surface area contributed by atoms with Gasteiger partial charge in [-0.05, 0) is 31.0 Å². The second-order valence-electron chi connectivity index (χ2n) is 5.00. The van der Waals surface area contributed by atoms with Crippen LogP contribution < -0.4 is 11.1 Å². The third-order valence-corrected chi connectivity index (χ3v) is 3.18. The zero-order valence-corrected chi connectivity index (χ0v) is 12.4. The first-order valence-corrected chi connectivity index (χ1v) is 7.23. The van der Waals surface area contributed by atoms with Gasteiger partial charge in [0.2, 0.25) is 0 Å². The monoisotopic (exact) mass is 282 g/mol. The lowest BCUT2D eigenvalue weighted by Crippen LogP contribution is -2.33. The number of pyridine rings is 1. The number of aliphatic imine (C=N–C) groups is 1. The van der Waals surface area contributed by atoms with E-state index in [-0.39, 0.29) is 0 Å². The van der Waals surface area contributed by atoms with Crippen LogP contribution in [0.5, 0.6) is 0 Å². The molecule has 0 saturated heterocycles. The molecule has 1 heterocycles. The average Bonchev–Trinajstić information content (AvgIpc) is 2.48. The highest BCUT2D eigenvalue weighted by Crippen LogP contribution is 2.03. The summed E-state index contributed by atoms with van der Waals surface area (Å²) in [4.78, 5) is 8.57. The quantitative estimate of drug-likeness (QED) is 0.630. The Morgan fingerprint density at radius 2 is 2.10 bits per heavy atom. The molecule has 0 atom stereocenters. The molecule has 2 rings (SSSR count). The molecule has 0 bridgehead atoms. The van der Waals surface area contributed by atoms with Crippen LogP contribution in [0, 0.1) is 6.92 Å². The Hall–Kier alpha value is -2.36. The Morgan fingerprint density at radius 3 is 2.86 bits per heavy atom. The molecule has 0 fully saturated rings. The fraction of sp³-hybridized carbons (Fsp3) is 0.294. The van der Waals surface area contributed by atoms with Crippen LogP contribution in [-0.2, 0) is 12.8 Å². The lowest BCUT2D eigenvalue weighted by molar-refractivity contribution is 0.839. The number of nitrogens with one attached hydrogen (secondary N) is 1. The molecule has 2 aromatic rings. The van der Waals surface area contributed by atoms with E-state index in [1.807, 2.05) is 18.2 Å². The Labute approximate surface area is 126 Å². The van der Waals surface area contributed by atoms with Gasteiger partial charge in [0.1, 0.15) is 0 Å². The van der Waals surface area contributed by atoms with Crippen LogP contribution >= 0.6 is 0 Å². The molecular weight excluding hydrogens is 260 g/mol. The number of hydrogen-bond donors (Lipinski definition) is 2. The van der Waals surface area contributed by atoms with Crippen molar-refractivity contribution < 1.29 is 0 Å². The minimum Gasteiger partial charge on any atom is -0.370 e. The summed E-state index contributed by atoms with van der Waals surface area (Å²) in [6, 6.07) is 14.4. The van der Waals surface area contributed by atoms with Crippen LogP contribution in [-0.4, -0.2) is 24.0 Å². The van der Waals surface area contributed by atoms with Crippen molar-refractivity contribution in [3.63, 3.8) is 0 Å². The molecule has 0 saturated carbocycles. The number of aromatic nitrogens is 1. The normalized spacial score (nSPS) is 11.4. The van der Waals surface area contributed by atoms with E-state index in [0.717, 1.165) is 25.1 Å². The molecule has 0 aliphatic rings. The number of benzene rings is 1. The predicted octanol–water partition coefficient (Wildman–Crippen LogP) is 2.08. The van der Waals surface area contributed by atoms with Gasteiger partial charge in [-0.1, -0.05) is 35.9 Å². The minimum atomic E-state index is 0.499. The molecular formula is C17H22N4. The maximum Gasteiger partial charge on any atom is 0.188 e. The Morgan fingerprint density at radius 1 is 1.19 bits per heavy atom. The van der Waals surface area contributed by atoms with Crippen molar-refractivity contribution in [2.45, 2.75) is 19.8 Å². The third kappa shape index (κ3) is 5.65. The number of guanidine groups is 1. The van der Waals surface area contributed by atoms with E-state index < -0.39 is 0 Å². The number of aryl methyl sites for hydroxylation is 1. The van der Waals surface area contributed by atoms with Crippen molar-refractivity contribution in [3.8, 4) is 0 Å². The van der Waals surface area contributed by atoms with E-state index in [1.54, 1.807) is 6.20 Å². The molecule has 1 aromatic heterocycles. The summed E-state index contributed by atoms with van der Waals surface area (Å²) >= 11 is 0. The fourth-order valence-electron chi connectivity index (χ4n) is 2.10. The first-order chi connectivity index (χ1) is 10.2. The number of rotatable bonds is 6. The maximum absolute atomic E-state index is 5.85. The zero-order chi connectivity index (χ0) is 14.9. The van der Waals surface area contributed by atoms with Gasteiger partial charge in [0.15, 0.2) is 5.96 Å². The summed E-state index contributed by atoms with van der Waals surface area (Å²) < 4.78 is 0.